The van der Waals surface area contributed by atoms with E-state index in [4.69, 9.17) is 11.6 Å². The number of carbonyl (C=O) groups excluding carboxylic acids is 3. The minimum Gasteiger partial charge on any atom is -0.352 e. The largest absolute Gasteiger partial charge is 0.352 e. The molecule has 0 N–H and O–H groups in total. The monoisotopic (exact) mass is 591 g/mol. The maximum atomic E-state index is 14.1. The van der Waals surface area contributed by atoms with Crippen molar-refractivity contribution < 1.29 is 19.3 Å². The third-order valence-electron chi connectivity index (χ3n) is 7.50. The predicted octanol–water partition coefficient (Wildman–Crippen LogP) is 5.59. The van der Waals surface area contributed by atoms with E-state index in [1.807, 2.05) is 23.1 Å². The van der Waals surface area contributed by atoms with Gasteiger partial charge in [0.15, 0.2) is 5.78 Å². The van der Waals surface area contributed by atoms with E-state index in [-0.39, 0.29) is 17.2 Å². The van der Waals surface area contributed by atoms with Gasteiger partial charge in [0.1, 0.15) is 6.04 Å². The summed E-state index contributed by atoms with van der Waals surface area (Å²) in [5, 5.41) is 11.7. The van der Waals surface area contributed by atoms with Gasteiger partial charge in [0.2, 0.25) is 11.8 Å². The predicted molar refractivity (Wildman–Crippen MR) is 146 cm³/mol. The molecule has 2 saturated heterocycles. The highest BCUT2D eigenvalue weighted by Crippen LogP contribution is 2.50. The van der Waals surface area contributed by atoms with E-state index in [1.54, 1.807) is 43.3 Å². The third kappa shape index (κ3) is 3.60. The zero-order chi connectivity index (χ0) is 26.9. The number of rotatable bonds is 4. The number of halogens is 2. The van der Waals surface area contributed by atoms with Crippen molar-refractivity contribution in [1.82, 2.24) is 0 Å². The van der Waals surface area contributed by atoms with Crippen molar-refractivity contribution in [2.24, 2.45) is 11.8 Å². The topological polar surface area (TPSA) is 101 Å². The van der Waals surface area contributed by atoms with E-state index in [0.29, 0.717) is 21.8 Å². The summed E-state index contributed by atoms with van der Waals surface area (Å²) in [6, 6.07) is 14.8. The fourth-order valence-corrected chi connectivity index (χ4v) is 6.29. The Kier molecular flexibility index (Phi) is 5.73. The SMILES string of the molecule is Cc1cc([N+](=O)[O-])ccc1N1C(=O)[C@@H]2[C@H](C1=O)[C@@H](C(=O)c1ccc(Br)cc1)N1c3cc(Cl)ccc3C=C[C@@H]21. The lowest BCUT2D eigenvalue weighted by Crippen LogP contribution is -2.49. The van der Waals surface area contributed by atoms with E-state index in [9.17, 15) is 24.5 Å². The average molecular weight is 593 g/mol. The molecule has 0 spiro atoms. The van der Waals surface area contributed by atoms with Crippen LogP contribution >= 0.6 is 27.5 Å². The number of anilines is 2. The standard InChI is InChI=1S/C28H19BrClN3O5/c1-14-12-19(33(37)38)9-11-20(14)32-27(35)23-21-10-5-15-4-8-18(30)13-22(15)31(21)25(24(23)28(32)36)26(34)16-2-6-17(29)7-3-16/h2-13,21,23-25H,1H3/t21-,23-,24-,25-/m0/s1. The van der Waals surface area contributed by atoms with Gasteiger partial charge in [-0.05, 0) is 48.4 Å². The number of imide groups is 1. The normalized spacial score (nSPS) is 23.3. The fraction of sp³-hybridized carbons (Fsp3) is 0.179. The van der Waals surface area contributed by atoms with Crippen LogP contribution in [0.3, 0.4) is 0 Å². The summed E-state index contributed by atoms with van der Waals surface area (Å²) in [4.78, 5) is 55.7. The molecule has 0 bridgehead atoms. The fourth-order valence-electron chi connectivity index (χ4n) is 5.86. The minimum absolute atomic E-state index is 0.135. The maximum absolute atomic E-state index is 14.1. The second kappa shape index (κ2) is 8.89. The highest BCUT2D eigenvalue weighted by atomic mass is 79.9. The van der Waals surface area contributed by atoms with Crippen LogP contribution in [0.5, 0.6) is 0 Å². The zero-order valence-electron chi connectivity index (χ0n) is 19.9. The van der Waals surface area contributed by atoms with Crippen molar-refractivity contribution >= 4 is 68.3 Å². The lowest BCUT2D eigenvalue weighted by Gasteiger charge is -2.36. The summed E-state index contributed by atoms with van der Waals surface area (Å²) in [6.45, 7) is 1.62. The van der Waals surface area contributed by atoms with Gasteiger partial charge in [-0.25, -0.2) is 4.90 Å². The first-order valence-electron chi connectivity index (χ1n) is 11.9. The summed E-state index contributed by atoms with van der Waals surface area (Å²) < 4.78 is 0.807. The molecule has 3 aromatic rings. The first kappa shape index (κ1) is 24.5. The second-order valence-corrected chi connectivity index (χ2v) is 10.9. The number of benzene rings is 3. The van der Waals surface area contributed by atoms with Gasteiger partial charge in [-0.1, -0.05) is 57.9 Å². The zero-order valence-corrected chi connectivity index (χ0v) is 22.2. The van der Waals surface area contributed by atoms with Gasteiger partial charge in [-0.3, -0.25) is 24.5 Å². The number of ketones is 1. The van der Waals surface area contributed by atoms with Gasteiger partial charge in [-0.2, -0.15) is 0 Å². The molecule has 8 nitrogen and oxygen atoms in total. The molecule has 2 amide bonds. The van der Waals surface area contributed by atoms with Gasteiger partial charge >= 0.3 is 0 Å². The van der Waals surface area contributed by atoms with Crippen molar-refractivity contribution in [2.45, 2.75) is 19.0 Å². The van der Waals surface area contributed by atoms with E-state index in [0.717, 1.165) is 14.9 Å². The van der Waals surface area contributed by atoms with Gasteiger partial charge in [-0.15, -0.1) is 0 Å². The summed E-state index contributed by atoms with van der Waals surface area (Å²) >= 11 is 9.72. The first-order valence-corrected chi connectivity index (χ1v) is 13.0. The van der Waals surface area contributed by atoms with Crippen LogP contribution in [0, 0.1) is 28.9 Å². The van der Waals surface area contributed by atoms with Crippen LogP contribution < -0.4 is 9.80 Å². The molecular formula is C28H19BrClN3O5. The van der Waals surface area contributed by atoms with Crippen molar-refractivity contribution in [3.63, 3.8) is 0 Å². The van der Waals surface area contributed by atoms with Gasteiger partial charge in [0.05, 0.1) is 28.5 Å². The number of non-ortho nitro benzene ring substituents is 1. The van der Waals surface area contributed by atoms with Crippen LogP contribution in [0.25, 0.3) is 6.08 Å². The number of amides is 2. The summed E-state index contributed by atoms with van der Waals surface area (Å²) in [6.07, 6.45) is 3.74. The Labute approximate surface area is 230 Å². The molecule has 38 heavy (non-hydrogen) atoms. The molecule has 0 unspecified atom stereocenters. The van der Waals surface area contributed by atoms with Crippen LogP contribution in [0.15, 0.2) is 71.2 Å². The summed E-state index contributed by atoms with van der Waals surface area (Å²) in [7, 11) is 0. The van der Waals surface area contributed by atoms with E-state index in [1.165, 1.54) is 18.2 Å². The molecule has 3 aromatic carbocycles. The number of aryl methyl sites for hydroxylation is 1. The molecule has 3 aliphatic rings. The Morgan fingerprint density at radius 2 is 1.68 bits per heavy atom. The highest BCUT2D eigenvalue weighted by molar-refractivity contribution is 9.10. The van der Waals surface area contributed by atoms with E-state index < -0.39 is 40.7 Å². The maximum Gasteiger partial charge on any atom is 0.269 e. The smallest absolute Gasteiger partial charge is 0.269 e. The number of Topliss-reactive ketones (excluding diaryl/α,β-unsaturated/α-hetero) is 1. The molecule has 3 heterocycles. The van der Waals surface area contributed by atoms with Crippen LogP contribution in [-0.4, -0.2) is 34.6 Å². The second-order valence-electron chi connectivity index (χ2n) is 9.57. The van der Waals surface area contributed by atoms with Crippen LogP contribution in [0.4, 0.5) is 17.1 Å². The molecule has 3 aliphatic heterocycles. The molecule has 0 aliphatic carbocycles. The number of hydrogen-bond donors (Lipinski definition) is 0. The average Bonchev–Trinajstić information content (AvgIpc) is 3.37. The van der Waals surface area contributed by atoms with Gasteiger partial charge in [0.25, 0.3) is 5.69 Å². The molecule has 0 radical (unpaired) electrons. The first-order chi connectivity index (χ1) is 18.2. The van der Waals surface area contributed by atoms with Gasteiger partial charge < -0.3 is 4.90 Å². The molecule has 2 fully saturated rings. The quantitative estimate of drug-likeness (QED) is 0.169. The number of nitro groups is 1. The Hall–Kier alpha value is -3.82. The number of carbonyl (C=O) groups is 3. The molecule has 4 atom stereocenters. The molecular weight excluding hydrogens is 574 g/mol. The number of nitrogens with zero attached hydrogens (tertiary/aromatic N) is 3. The Morgan fingerprint density at radius 3 is 2.37 bits per heavy atom. The number of fused-ring (bicyclic) bond motifs is 5. The summed E-state index contributed by atoms with van der Waals surface area (Å²) in [5.41, 5.74) is 2.51. The van der Waals surface area contributed by atoms with Crippen LogP contribution in [0.2, 0.25) is 5.02 Å². The Bertz CT molecular complexity index is 1590. The van der Waals surface area contributed by atoms with E-state index in [2.05, 4.69) is 15.9 Å². The Balaban J connectivity index is 1.49. The molecule has 6 rings (SSSR count). The minimum atomic E-state index is -0.951. The van der Waals surface area contributed by atoms with Crippen LogP contribution in [0.1, 0.15) is 21.5 Å². The van der Waals surface area contributed by atoms with Crippen molar-refractivity contribution in [3.8, 4) is 0 Å². The number of nitro benzene ring substituents is 1. The van der Waals surface area contributed by atoms with Crippen molar-refractivity contribution in [2.75, 3.05) is 9.80 Å². The van der Waals surface area contributed by atoms with Gasteiger partial charge in [0, 0.05) is 32.9 Å². The van der Waals surface area contributed by atoms with E-state index >= 15 is 0 Å². The summed E-state index contributed by atoms with van der Waals surface area (Å²) in [5.74, 6) is -2.98. The number of hydrogen-bond acceptors (Lipinski definition) is 6. The Morgan fingerprint density at radius 1 is 0.974 bits per heavy atom. The lowest BCUT2D eigenvalue weighted by atomic mass is 9.86. The van der Waals surface area contributed by atoms with Crippen LogP contribution in [-0.2, 0) is 9.59 Å². The third-order valence-corrected chi connectivity index (χ3v) is 8.26. The molecule has 190 valence electrons. The van der Waals surface area contributed by atoms with Crippen molar-refractivity contribution in [3.05, 3.63) is 103 Å². The lowest BCUT2D eigenvalue weighted by molar-refractivity contribution is -0.384. The van der Waals surface area contributed by atoms with Crippen molar-refractivity contribution in [1.29, 1.82) is 0 Å². The molecule has 0 aromatic heterocycles. The molecule has 10 heteroatoms. The highest BCUT2D eigenvalue weighted by Gasteiger charge is 2.64. The molecule has 0 saturated carbocycles.